The Morgan fingerprint density at radius 3 is 2.65 bits per heavy atom. The van der Waals surface area contributed by atoms with Crippen LogP contribution in [0.5, 0.6) is 11.5 Å². The van der Waals surface area contributed by atoms with Gasteiger partial charge in [-0.25, -0.2) is 4.98 Å². The van der Waals surface area contributed by atoms with Gasteiger partial charge in [-0.15, -0.1) is 12.4 Å². The predicted octanol–water partition coefficient (Wildman–Crippen LogP) is 5.42. The fourth-order valence-corrected chi connectivity index (χ4v) is 6.01. The molecule has 222 valence electrons. The van der Waals surface area contributed by atoms with Crippen LogP contribution in [0.3, 0.4) is 0 Å². The first kappa shape index (κ1) is 28.9. The number of carbonyl (C=O) groups excluding carboxylic acids is 1. The van der Waals surface area contributed by atoms with Gasteiger partial charge in [0.25, 0.3) is 5.91 Å². The minimum atomic E-state index is -0.0727. The number of hydrogen-bond acceptors (Lipinski definition) is 9. The van der Waals surface area contributed by atoms with E-state index in [1.807, 2.05) is 29.2 Å². The van der Waals surface area contributed by atoms with E-state index in [0.29, 0.717) is 71.5 Å². The highest BCUT2D eigenvalue weighted by molar-refractivity contribution is 5.96. The second-order valence-electron chi connectivity index (χ2n) is 10.9. The molecular weight excluding hydrogens is 572 g/mol. The molecule has 1 amide bonds. The lowest BCUT2D eigenvalue weighted by Gasteiger charge is -2.45. The van der Waals surface area contributed by atoms with Crippen molar-refractivity contribution in [3.05, 3.63) is 59.9 Å². The molecule has 4 aromatic rings. The highest BCUT2D eigenvalue weighted by Gasteiger charge is 2.38. The van der Waals surface area contributed by atoms with Crippen LogP contribution in [0.15, 0.2) is 53.2 Å². The SMILES string of the molecule is COc1cc(C(=O)N2CC3CCC2CO3)cnc1-c1cc2nccc(-c3ccc(OC4CCOCC4)c(C#N)c3)c2o1.Cl. The largest absolute Gasteiger partial charge is 0.494 e. The number of furan rings is 1. The number of amides is 1. The van der Waals surface area contributed by atoms with Crippen molar-refractivity contribution in [2.45, 2.75) is 43.9 Å². The molecule has 0 aliphatic carbocycles. The Kier molecular flexibility index (Phi) is 8.21. The molecular formula is C32H31ClN4O6. The maximum atomic E-state index is 13.3. The van der Waals surface area contributed by atoms with E-state index >= 15 is 0 Å². The minimum Gasteiger partial charge on any atom is -0.494 e. The minimum absolute atomic E-state index is 0. The zero-order chi connectivity index (χ0) is 28.6. The maximum Gasteiger partial charge on any atom is 0.255 e. The summed E-state index contributed by atoms with van der Waals surface area (Å²) < 4.78 is 29.3. The molecule has 11 heteroatoms. The highest BCUT2D eigenvalue weighted by Crippen LogP contribution is 2.38. The molecule has 0 spiro atoms. The second-order valence-corrected chi connectivity index (χ2v) is 10.9. The molecule has 4 aliphatic heterocycles. The van der Waals surface area contributed by atoms with Crippen molar-refractivity contribution in [2.75, 3.05) is 33.5 Å². The standard InChI is InChI=1S/C32H30N4O6.ClH/c1-38-28-13-21(32(37)36-17-24-4-3-22(36)18-40-24)16-35-30(28)29-14-26-31(42-29)25(6-9-34-26)19-2-5-27(20(12-19)15-33)41-23-7-10-39-11-8-23;/h2,5-6,9,12-14,16,22-24H,3-4,7-8,10-11,17-18H2,1H3;1H. The third-order valence-electron chi connectivity index (χ3n) is 8.29. The van der Waals surface area contributed by atoms with Gasteiger partial charge in [0.1, 0.15) is 34.9 Å². The van der Waals surface area contributed by atoms with Gasteiger partial charge < -0.3 is 28.3 Å². The van der Waals surface area contributed by atoms with Crippen LogP contribution < -0.4 is 9.47 Å². The van der Waals surface area contributed by atoms with Crippen LogP contribution in [0.4, 0.5) is 0 Å². The van der Waals surface area contributed by atoms with Crippen molar-refractivity contribution < 1.29 is 28.2 Å². The summed E-state index contributed by atoms with van der Waals surface area (Å²) in [6.07, 6.45) is 6.95. The average molecular weight is 603 g/mol. The third kappa shape index (κ3) is 5.52. The Bertz CT molecular complexity index is 1690. The second kappa shape index (κ2) is 12.2. The summed E-state index contributed by atoms with van der Waals surface area (Å²) in [5, 5.41) is 9.87. The van der Waals surface area contributed by atoms with Crippen molar-refractivity contribution in [3.63, 3.8) is 0 Å². The quantitative estimate of drug-likeness (QED) is 0.285. The van der Waals surface area contributed by atoms with Crippen LogP contribution in [0, 0.1) is 11.3 Å². The highest BCUT2D eigenvalue weighted by atomic mass is 35.5. The number of methoxy groups -OCH3 is 1. The van der Waals surface area contributed by atoms with E-state index in [4.69, 9.17) is 23.4 Å². The van der Waals surface area contributed by atoms with Crippen molar-refractivity contribution in [1.29, 1.82) is 5.26 Å². The van der Waals surface area contributed by atoms with Gasteiger partial charge in [-0.05, 0) is 42.7 Å². The van der Waals surface area contributed by atoms with Gasteiger partial charge in [0, 0.05) is 43.4 Å². The van der Waals surface area contributed by atoms with Gasteiger partial charge in [-0.3, -0.25) is 9.78 Å². The van der Waals surface area contributed by atoms with E-state index in [-0.39, 0.29) is 36.6 Å². The molecule has 4 fully saturated rings. The molecule has 4 aliphatic rings. The number of nitriles is 1. The summed E-state index contributed by atoms with van der Waals surface area (Å²) in [6, 6.07) is 13.3. The fraction of sp³-hybridized carbons (Fsp3) is 0.375. The topological polar surface area (TPSA) is 120 Å². The van der Waals surface area contributed by atoms with Crippen LogP contribution in [0.25, 0.3) is 33.7 Å². The molecule has 0 N–H and O–H groups in total. The molecule has 7 heterocycles. The van der Waals surface area contributed by atoms with Gasteiger partial charge in [-0.2, -0.15) is 5.26 Å². The predicted molar refractivity (Wildman–Crippen MR) is 159 cm³/mol. The summed E-state index contributed by atoms with van der Waals surface area (Å²) in [7, 11) is 1.55. The van der Waals surface area contributed by atoms with Crippen molar-refractivity contribution in [1.82, 2.24) is 14.9 Å². The van der Waals surface area contributed by atoms with Gasteiger partial charge in [0.05, 0.1) is 50.2 Å². The van der Waals surface area contributed by atoms with Crippen LogP contribution >= 0.6 is 12.4 Å². The summed E-state index contributed by atoms with van der Waals surface area (Å²) in [4.78, 5) is 24.3. The monoisotopic (exact) mass is 602 g/mol. The molecule has 3 aromatic heterocycles. The number of aromatic nitrogens is 2. The molecule has 4 saturated heterocycles. The first-order valence-corrected chi connectivity index (χ1v) is 14.3. The van der Waals surface area contributed by atoms with E-state index < -0.39 is 0 Å². The first-order valence-electron chi connectivity index (χ1n) is 14.3. The van der Waals surface area contributed by atoms with Gasteiger partial charge in [0.15, 0.2) is 11.3 Å². The number of pyridine rings is 2. The van der Waals surface area contributed by atoms with E-state index in [0.717, 1.165) is 36.8 Å². The number of nitrogens with zero attached hydrogens (tertiary/aromatic N) is 4. The van der Waals surface area contributed by atoms with E-state index in [1.54, 1.807) is 31.6 Å². The zero-order valence-corrected chi connectivity index (χ0v) is 24.5. The summed E-state index contributed by atoms with van der Waals surface area (Å²) in [5.41, 5.74) is 4.17. The number of morpholine rings is 1. The Balaban J connectivity index is 0.00000329. The number of fused-ring (bicyclic) bond motifs is 4. The molecule has 0 radical (unpaired) electrons. The average Bonchev–Trinajstić information content (AvgIpc) is 3.50. The summed E-state index contributed by atoms with van der Waals surface area (Å²) in [5.74, 6) is 1.39. The fourth-order valence-electron chi connectivity index (χ4n) is 6.01. The Morgan fingerprint density at radius 2 is 1.93 bits per heavy atom. The maximum absolute atomic E-state index is 13.3. The number of hydrogen-bond donors (Lipinski definition) is 0. The number of piperidine rings is 1. The molecule has 10 nitrogen and oxygen atoms in total. The van der Waals surface area contributed by atoms with E-state index in [2.05, 4.69) is 16.0 Å². The molecule has 1 aromatic carbocycles. The zero-order valence-electron chi connectivity index (χ0n) is 23.7. The van der Waals surface area contributed by atoms with Gasteiger partial charge >= 0.3 is 0 Å². The van der Waals surface area contributed by atoms with E-state index in [1.165, 1.54) is 0 Å². The number of benzene rings is 1. The van der Waals surface area contributed by atoms with E-state index in [9.17, 15) is 10.1 Å². The lowest BCUT2D eigenvalue weighted by molar-refractivity contribution is -0.0915. The normalized spacial score (nSPS) is 20.0. The molecule has 8 rings (SSSR count). The third-order valence-corrected chi connectivity index (χ3v) is 8.29. The van der Waals surface area contributed by atoms with Crippen LogP contribution in [0.2, 0.25) is 0 Å². The molecule has 2 atom stereocenters. The summed E-state index contributed by atoms with van der Waals surface area (Å²) in [6.45, 7) is 2.50. The molecule has 43 heavy (non-hydrogen) atoms. The first-order chi connectivity index (χ1) is 20.6. The molecule has 2 unspecified atom stereocenters. The van der Waals surface area contributed by atoms with Crippen molar-refractivity contribution in [3.8, 4) is 40.1 Å². The Labute approximate surface area is 254 Å². The number of rotatable bonds is 6. The van der Waals surface area contributed by atoms with Crippen LogP contribution in [-0.4, -0.2) is 72.5 Å². The lowest BCUT2D eigenvalue weighted by Crippen LogP contribution is -2.56. The smallest absolute Gasteiger partial charge is 0.255 e. The lowest BCUT2D eigenvalue weighted by atomic mass is 9.96. The van der Waals surface area contributed by atoms with Gasteiger partial charge in [0.2, 0.25) is 0 Å². The van der Waals surface area contributed by atoms with Crippen LogP contribution in [0.1, 0.15) is 41.6 Å². The van der Waals surface area contributed by atoms with Crippen LogP contribution in [-0.2, 0) is 9.47 Å². The van der Waals surface area contributed by atoms with Gasteiger partial charge in [-0.1, -0.05) is 6.07 Å². The van der Waals surface area contributed by atoms with Crippen molar-refractivity contribution in [2.24, 2.45) is 0 Å². The summed E-state index contributed by atoms with van der Waals surface area (Å²) >= 11 is 0. The number of carbonyl (C=O) groups is 1. The van der Waals surface area contributed by atoms with Crippen molar-refractivity contribution >= 4 is 29.4 Å². The molecule has 2 bridgehead atoms. The molecule has 0 saturated carbocycles. The number of ether oxygens (including phenoxy) is 4. The number of halogens is 1. The Hall–Kier alpha value is -4.17. The Morgan fingerprint density at radius 1 is 1.07 bits per heavy atom.